The molecule has 0 spiro atoms. The molecule has 124 valence electrons. The summed E-state index contributed by atoms with van der Waals surface area (Å²) in [7, 11) is 4.63. The molecule has 0 aliphatic heterocycles. The molecule has 0 radical (unpaired) electrons. The predicted octanol–water partition coefficient (Wildman–Crippen LogP) is 3.22. The van der Waals surface area contributed by atoms with E-state index in [0.717, 1.165) is 0 Å². The lowest BCUT2D eigenvalue weighted by Gasteiger charge is -2.29. The second-order valence-corrected chi connectivity index (χ2v) is 5.86. The Morgan fingerprint density at radius 1 is 1.00 bits per heavy atom. The molecular formula is C17H27NO4. The fourth-order valence-electron chi connectivity index (χ4n) is 2.29. The van der Waals surface area contributed by atoms with Crippen LogP contribution in [0.25, 0.3) is 0 Å². The zero-order chi connectivity index (χ0) is 16.9. The van der Waals surface area contributed by atoms with Gasteiger partial charge in [-0.25, -0.2) is 0 Å². The van der Waals surface area contributed by atoms with Gasteiger partial charge in [0.15, 0.2) is 11.5 Å². The fourth-order valence-corrected chi connectivity index (χ4v) is 2.29. The van der Waals surface area contributed by atoms with Gasteiger partial charge in [0.05, 0.1) is 21.3 Å². The molecule has 0 aromatic heterocycles. The Kier molecular flexibility index (Phi) is 6.53. The van der Waals surface area contributed by atoms with Crippen molar-refractivity contribution in [3.63, 3.8) is 0 Å². The number of nitrogens with zero attached hydrogens (tertiary/aromatic N) is 1. The number of ether oxygens (including phenoxy) is 3. The van der Waals surface area contributed by atoms with Gasteiger partial charge in [0.1, 0.15) is 0 Å². The topological polar surface area (TPSA) is 48.0 Å². The molecule has 0 heterocycles. The normalized spacial score (nSPS) is 10.8. The molecular weight excluding hydrogens is 282 g/mol. The number of carbonyl (C=O) groups excluding carboxylic acids is 1. The molecule has 0 aliphatic carbocycles. The minimum absolute atomic E-state index is 0.0389. The van der Waals surface area contributed by atoms with Crippen molar-refractivity contribution in [1.82, 2.24) is 4.90 Å². The second-order valence-electron chi connectivity index (χ2n) is 5.86. The lowest BCUT2D eigenvalue weighted by molar-refractivity contribution is 0.0681. The Balaban J connectivity index is 3.26. The van der Waals surface area contributed by atoms with E-state index in [0.29, 0.717) is 35.3 Å². The third-order valence-electron chi connectivity index (χ3n) is 3.36. The maximum absolute atomic E-state index is 12.8. The number of carbonyl (C=O) groups is 1. The molecule has 0 N–H and O–H groups in total. The zero-order valence-electron chi connectivity index (χ0n) is 14.6. The summed E-state index contributed by atoms with van der Waals surface area (Å²) in [6.45, 7) is 8.92. The third kappa shape index (κ3) is 4.06. The summed E-state index contributed by atoms with van der Waals surface area (Å²) in [5, 5.41) is 0. The molecule has 0 saturated carbocycles. The Morgan fingerprint density at radius 2 is 1.50 bits per heavy atom. The Bertz CT molecular complexity index is 486. The van der Waals surface area contributed by atoms with Gasteiger partial charge in [-0.05, 0) is 31.9 Å². The highest BCUT2D eigenvalue weighted by atomic mass is 16.5. The number of benzene rings is 1. The summed E-state index contributed by atoms with van der Waals surface area (Å²) >= 11 is 0. The van der Waals surface area contributed by atoms with E-state index in [9.17, 15) is 4.79 Å². The molecule has 0 aliphatic rings. The van der Waals surface area contributed by atoms with Crippen LogP contribution in [0.2, 0.25) is 0 Å². The van der Waals surface area contributed by atoms with Gasteiger partial charge >= 0.3 is 0 Å². The van der Waals surface area contributed by atoms with Crippen LogP contribution in [-0.4, -0.2) is 44.7 Å². The van der Waals surface area contributed by atoms with E-state index in [-0.39, 0.29) is 11.9 Å². The van der Waals surface area contributed by atoms with Gasteiger partial charge in [-0.15, -0.1) is 0 Å². The van der Waals surface area contributed by atoms with Crippen molar-refractivity contribution >= 4 is 5.91 Å². The minimum atomic E-state index is -0.0389. The first kappa shape index (κ1) is 18.1. The highest BCUT2D eigenvalue weighted by molar-refractivity contribution is 5.95. The van der Waals surface area contributed by atoms with Gasteiger partial charge in [0.2, 0.25) is 5.75 Å². The van der Waals surface area contributed by atoms with E-state index in [1.54, 1.807) is 33.5 Å². The number of hydrogen-bond acceptors (Lipinski definition) is 4. The summed E-state index contributed by atoms with van der Waals surface area (Å²) in [4.78, 5) is 14.7. The van der Waals surface area contributed by atoms with E-state index in [1.165, 1.54) is 0 Å². The average Bonchev–Trinajstić information content (AvgIpc) is 2.49. The Morgan fingerprint density at radius 3 is 1.82 bits per heavy atom. The fraction of sp³-hybridized carbons (Fsp3) is 0.588. The first-order valence-electron chi connectivity index (χ1n) is 7.46. The highest BCUT2D eigenvalue weighted by Crippen LogP contribution is 2.38. The monoisotopic (exact) mass is 309 g/mol. The standard InChI is InChI=1S/C17H27NO4/c1-11(2)10-18(12(3)4)17(19)13-8-14(20-5)16(22-7)15(9-13)21-6/h8-9,11-12H,10H2,1-7H3. The quantitative estimate of drug-likeness (QED) is 0.776. The first-order valence-corrected chi connectivity index (χ1v) is 7.46. The lowest BCUT2D eigenvalue weighted by atomic mass is 10.1. The molecule has 0 fully saturated rings. The lowest BCUT2D eigenvalue weighted by Crippen LogP contribution is -2.39. The summed E-state index contributed by atoms with van der Waals surface area (Å²) in [6.07, 6.45) is 0. The highest BCUT2D eigenvalue weighted by Gasteiger charge is 2.23. The van der Waals surface area contributed by atoms with Crippen molar-refractivity contribution in [2.24, 2.45) is 5.92 Å². The van der Waals surface area contributed by atoms with E-state index < -0.39 is 0 Å². The van der Waals surface area contributed by atoms with Crippen LogP contribution >= 0.6 is 0 Å². The van der Waals surface area contributed by atoms with Crippen LogP contribution in [0.5, 0.6) is 17.2 Å². The first-order chi connectivity index (χ1) is 10.3. The van der Waals surface area contributed by atoms with Crippen LogP contribution in [-0.2, 0) is 0 Å². The van der Waals surface area contributed by atoms with Gasteiger partial charge in [0.25, 0.3) is 5.91 Å². The van der Waals surface area contributed by atoms with Gasteiger partial charge in [-0.2, -0.15) is 0 Å². The summed E-state index contributed by atoms with van der Waals surface area (Å²) in [6, 6.07) is 3.51. The van der Waals surface area contributed by atoms with Crippen LogP contribution in [0.3, 0.4) is 0 Å². The van der Waals surface area contributed by atoms with Crippen molar-refractivity contribution in [3.8, 4) is 17.2 Å². The molecule has 5 nitrogen and oxygen atoms in total. The van der Waals surface area contributed by atoms with Gasteiger partial charge in [-0.3, -0.25) is 4.79 Å². The van der Waals surface area contributed by atoms with Gasteiger partial charge in [-0.1, -0.05) is 13.8 Å². The van der Waals surface area contributed by atoms with Crippen molar-refractivity contribution in [2.45, 2.75) is 33.7 Å². The minimum Gasteiger partial charge on any atom is -0.493 e. The van der Waals surface area contributed by atoms with Gasteiger partial charge in [0, 0.05) is 18.2 Å². The number of amides is 1. The third-order valence-corrected chi connectivity index (χ3v) is 3.36. The molecule has 1 aromatic rings. The Labute approximate surface area is 133 Å². The SMILES string of the molecule is COc1cc(C(=O)N(CC(C)C)C(C)C)cc(OC)c1OC. The molecule has 1 aromatic carbocycles. The van der Waals surface area contributed by atoms with E-state index in [1.807, 2.05) is 18.7 Å². The van der Waals surface area contributed by atoms with E-state index in [4.69, 9.17) is 14.2 Å². The molecule has 0 saturated heterocycles. The number of rotatable bonds is 7. The van der Waals surface area contributed by atoms with E-state index >= 15 is 0 Å². The van der Waals surface area contributed by atoms with Crippen LogP contribution in [0.1, 0.15) is 38.1 Å². The predicted molar refractivity (Wildman–Crippen MR) is 87.1 cm³/mol. The summed E-state index contributed by atoms with van der Waals surface area (Å²) in [5.74, 6) is 1.81. The summed E-state index contributed by atoms with van der Waals surface area (Å²) < 4.78 is 15.9. The van der Waals surface area contributed by atoms with Crippen LogP contribution in [0, 0.1) is 5.92 Å². The molecule has 0 atom stereocenters. The zero-order valence-corrected chi connectivity index (χ0v) is 14.6. The maximum atomic E-state index is 12.8. The second kappa shape index (κ2) is 7.92. The average molecular weight is 309 g/mol. The number of hydrogen-bond donors (Lipinski definition) is 0. The van der Waals surface area contributed by atoms with Crippen LogP contribution < -0.4 is 14.2 Å². The molecule has 5 heteroatoms. The van der Waals surface area contributed by atoms with Gasteiger partial charge < -0.3 is 19.1 Å². The Hall–Kier alpha value is -1.91. The maximum Gasteiger partial charge on any atom is 0.254 e. The molecule has 22 heavy (non-hydrogen) atoms. The molecule has 0 bridgehead atoms. The van der Waals surface area contributed by atoms with Crippen molar-refractivity contribution in [1.29, 1.82) is 0 Å². The summed E-state index contributed by atoms with van der Waals surface area (Å²) in [5.41, 5.74) is 0.531. The van der Waals surface area contributed by atoms with Crippen molar-refractivity contribution in [2.75, 3.05) is 27.9 Å². The molecule has 0 unspecified atom stereocenters. The smallest absolute Gasteiger partial charge is 0.254 e. The van der Waals surface area contributed by atoms with Crippen LogP contribution in [0.4, 0.5) is 0 Å². The largest absolute Gasteiger partial charge is 0.493 e. The molecule has 1 rings (SSSR count). The van der Waals surface area contributed by atoms with Crippen molar-refractivity contribution < 1.29 is 19.0 Å². The van der Waals surface area contributed by atoms with Crippen molar-refractivity contribution in [3.05, 3.63) is 17.7 Å². The van der Waals surface area contributed by atoms with Crippen LogP contribution in [0.15, 0.2) is 12.1 Å². The molecule has 1 amide bonds. The number of methoxy groups -OCH3 is 3. The van der Waals surface area contributed by atoms with E-state index in [2.05, 4.69) is 13.8 Å².